The van der Waals surface area contributed by atoms with E-state index in [1.807, 2.05) is 12.1 Å². The number of aromatic nitrogens is 2. The summed E-state index contributed by atoms with van der Waals surface area (Å²) >= 11 is 0. The molecule has 6 nitrogen and oxygen atoms in total. The monoisotopic (exact) mass is 540 g/mol. The Labute approximate surface area is 230 Å². The Hall–Kier alpha value is -2.71. The molecule has 0 radical (unpaired) electrons. The second kappa shape index (κ2) is 12.2. The Balaban J connectivity index is 1.47. The van der Waals surface area contributed by atoms with E-state index in [9.17, 15) is 8.78 Å². The van der Waals surface area contributed by atoms with Crippen molar-refractivity contribution >= 4 is 11.0 Å². The van der Waals surface area contributed by atoms with Gasteiger partial charge >= 0.3 is 0 Å². The number of methoxy groups -OCH3 is 2. The second-order valence-electron chi connectivity index (χ2n) is 11.5. The first kappa shape index (κ1) is 27.8. The first-order chi connectivity index (χ1) is 18.9. The van der Waals surface area contributed by atoms with E-state index < -0.39 is 13.0 Å². The quantitative estimate of drug-likeness (QED) is 0.344. The average Bonchev–Trinajstić information content (AvgIpc) is 3.29. The van der Waals surface area contributed by atoms with Crippen LogP contribution in [-0.2, 0) is 6.54 Å². The number of hydrogen-bond acceptors (Lipinski definition) is 5. The van der Waals surface area contributed by atoms with Crippen molar-refractivity contribution in [2.45, 2.75) is 76.9 Å². The number of halogens is 2. The van der Waals surface area contributed by atoms with Gasteiger partial charge in [-0.1, -0.05) is 19.9 Å². The molecule has 2 fully saturated rings. The molecule has 3 heterocycles. The molecule has 0 amide bonds. The molecule has 1 N–H and O–H groups in total. The van der Waals surface area contributed by atoms with Crippen LogP contribution in [0.15, 0.2) is 36.4 Å². The summed E-state index contributed by atoms with van der Waals surface area (Å²) in [5, 5.41) is 3.50. The molecule has 2 aromatic carbocycles. The van der Waals surface area contributed by atoms with Gasteiger partial charge in [0.15, 0.2) is 11.5 Å². The number of nitrogens with zero attached hydrogens (tertiary/aromatic N) is 3. The van der Waals surface area contributed by atoms with Crippen LogP contribution in [0.4, 0.5) is 8.78 Å². The van der Waals surface area contributed by atoms with Crippen LogP contribution in [0.5, 0.6) is 11.5 Å². The summed E-state index contributed by atoms with van der Waals surface area (Å²) in [6, 6.07) is 12.9. The van der Waals surface area contributed by atoms with E-state index in [4.69, 9.17) is 14.5 Å². The van der Waals surface area contributed by atoms with Gasteiger partial charge in [-0.3, -0.25) is 4.90 Å². The first-order valence-corrected chi connectivity index (χ1v) is 14.3. The van der Waals surface area contributed by atoms with E-state index in [0.717, 1.165) is 49.1 Å². The first-order valence-electron chi connectivity index (χ1n) is 14.3. The van der Waals surface area contributed by atoms with Crippen LogP contribution in [0.3, 0.4) is 0 Å². The predicted octanol–water partition coefficient (Wildman–Crippen LogP) is 6.33. The minimum atomic E-state index is -2.49. The molecule has 212 valence electrons. The number of likely N-dealkylation sites (tertiary alicyclic amines) is 1. The van der Waals surface area contributed by atoms with Crippen molar-refractivity contribution in [2.75, 3.05) is 33.9 Å². The molecule has 2 saturated heterocycles. The van der Waals surface area contributed by atoms with E-state index in [2.05, 4.69) is 36.2 Å². The number of imidazole rings is 1. The highest BCUT2D eigenvalue weighted by molar-refractivity contribution is 5.82. The summed E-state index contributed by atoms with van der Waals surface area (Å²) in [5.74, 6) is 2.70. The van der Waals surface area contributed by atoms with Crippen LogP contribution in [0, 0.1) is 5.92 Å². The van der Waals surface area contributed by atoms with Crippen molar-refractivity contribution in [3.05, 3.63) is 42.0 Å². The molecule has 2 atom stereocenters. The molecule has 2 aliphatic rings. The van der Waals surface area contributed by atoms with Gasteiger partial charge in [0.25, 0.3) is 6.43 Å². The summed E-state index contributed by atoms with van der Waals surface area (Å²) in [5.41, 5.74) is 3.45. The number of nitrogens with one attached hydrogen (secondary N) is 1. The van der Waals surface area contributed by atoms with Crippen LogP contribution in [-0.4, -0.2) is 66.8 Å². The standard InChI is InChI=1S/C31H42F2N4O2/c1-20(2)15-25-16-22(11-14-36(25)24-9-12-34-13-10-24)21-5-7-26-27(17-21)37(19-30(32)33)31(35-26)23-6-8-28(38-3)29(18-23)39-4/h5-8,17-18,20,22,24-25,30,34H,9-16,19H2,1-4H3/t22?,25-/m1/s1. The topological polar surface area (TPSA) is 51.5 Å². The number of piperidine rings is 2. The van der Waals surface area contributed by atoms with E-state index in [1.165, 1.54) is 24.8 Å². The predicted molar refractivity (Wildman–Crippen MR) is 152 cm³/mol. The fourth-order valence-electron chi connectivity index (χ4n) is 6.68. The highest BCUT2D eigenvalue weighted by Gasteiger charge is 2.34. The highest BCUT2D eigenvalue weighted by atomic mass is 19.3. The summed E-state index contributed by atoms with van der Waals surface area (Å²) in [6.45, 7) is 7.52. The molecule has 39 heavy (non-hydrogen) atoms. The number of fused-ring (bicyclic) bond motifs is 1. The number of hydrogen-bond donors (Lipinski definition) is 1. The molecule has 3 aromatic rings. The van der Waals surface area contributed by atoms with Crippen molar-refractivity contribution in [1.29, 1.82) is 0 Å². The lowest BCUT2D eigenvalue weighted by molar-refractivity contribution is 0.0562. The van der Waals surface area contributed by atoms with Crippen LogP contribution in [0.1, 0.15) is 57.4 Å². The van der Waals surface area contributed by atoms with Crippen molar-refractivity contribution in [3.63, 3.8) is 0 Å². The Morgan fingerprint density at radius 2 is 1.77 bits per heavy atom. The molecule has 0 saturated carbocycles. The number of benzene rings is 2. The molecule has 1 aromatic heterocycles. The summed E-state index contributed by atoms with van der Waals surface area (Å²) in [7, 11) is 3.15. The third-order valence-corrected chi connectivity index (χ3v) is 8.49. The SMILES string of the molecule is COc1ccc(-c2nc3ccc(C4CCN(C5CCNCC5)[C@H](CC(C)C)C4)cc3n2CC(F)F)cc1OC. The van der Waals surface area contributed by atoms with Crippen molar-refractivity contribution < 1.29 is 18.3 Å². The molecule has 0 aliphatic carbocycles. The third-order valence-electron chi connectivity index (χ3n) is 8.49. The zero-order valence-corrected chi connectivity index (χ0v) is 23.6. The Morgan fingerprint density at radius 1 is 1.00 bits per heavy atom. The van der Waals surface area contributed by atoms with Gasteiger partial charge in [0.05, 0.1) is 31.8 Å². The molecule has 0 spiro atoms. The maximum absolute atomic E-state index is 13.8. The smallest absolute Gasteiger partial charge is 0.256 e. The second-order valence-corrected chi connectivity index (χ2v) is 11.5. The zero-order chi connectivity index (χ0) is 27.5. The lowest BCUT2D eigenvalue weighted by atomic mass is 9.81. The molecule has 2 aliphatic heterocycles. The van der Waals surface area contributed by atoms with Gasteiger partial charge in [0.1, 0.15) is 5.82 Å². The molecule has 0 bridgehead atoms. The fourth-order valence-corrected chi connectivity index (χ4v) is 6.68. The molecular weight excluding hydrogens is 498 g/mol. The van der Waals surface area contributed by atoms with Gasteiger partial charge < -0.3 is 19.4 Å². The van der Waals surface area contributed by atoms with Gasteiger partial charge in [-0.2, -0.15) is 0 Å². The maximum Gasteiger partial charge on any atom is 0.256 e. The van der Waals surface area contributed by atoms with Gasteiger partial charge in [-0.05, 0) is 99.5 Å². The number of ether oxygens (including phenoxy) is 2. The van der Waals surface area contributed by atoms with E-state index in [-0.39, 0.29) is 0 Å². The Kier molecular flexibility index (Phi) is 8.72. The molecule has 5 rings (SSSR count). The molecule has 1 unspecified atom stereocenters. The minimum absolute atomic E-state index is 0.409. The van der Waals surface area contributed by atoms with Crippen LogP contribution in [0.25, 0.3) is 22.4 Å². The average molecular weight is 541 g/mol. The van der Waals surface area contributed by atoms with Crippen LogP contribution < -0.4 is 14.8 Å². The van der Waals surface area contributed by atoms with Crippen molar-refractivity contribution in [1.82, 2.24) is 19.8 Å². The van der Waals surface area contributed by atoms with E-state index >= 15 is 0 Å². The number of rotatable bonds is 9. The Morgan fingerprint density at radius 3 is 2.46 bits per heavy atom. The summed E-state index contributed by atoms with van der Waals surface area (Å²) < 4.78 is 40.2. The lowest BCUT2D eigenvalue weighted by Gasteiger charge is -2.46. The van der Waals surface area contributed by atoms with E-state index in [1.54, 1.807) is 30.9 Å². The zero-order valence-electron chi connectivity index (χ0n) is 23.6. The number of alkyl halides is 2. The summed E-state index contributed by atoms with van der Waals surface area (Å²) in [4.78, 5) is 7.58. The maximum atomic E-state index is 13.8. The largest absolute Gasteiger partial charge is 0.493 e. The Bertz CT molecular complexity index is 1250. The molecule has 8 heteroatoms. The van der Waals surface area contributed by atoms with Crippen LogP contribution in [0.2, 0.25) is 0 Å². The molecular formula is C31H42F2N4O2. The third kappa shape index (κ3) is 6.07. The fraction of sp³-hybridized carbons (Fsp3) is 0.581. The van der Waals surface area contributed by atoms with Crippen LogP contribution >= 0.6 is 0 Å². The summed E-state index contributed by atoms with van der Waals surface area (Å²) in [6.07, 6.45) is 3.34. The highest BCUT2D eigenvalue weighted by Crippen LogP contribution is 2.39. The normalized spacial score (nSPS) is 21.2. The van der Waals surface area contributed by atoms with Crippen molar-refractivity contribution in [3.8, 4) is 22.9 Å². The van der Waals surface area contributed by atoms with Gasteiger partial charge in [-0.15, -0.1) is 0 Å². The minimum Gasteiger partial charge on any atom is -0.493 e. The van der Waals surface area contributed by atoms with Gasteiger partial charge in [0.2, 0.25) is 0 Å². The lowest BCUT2D eigenvalue weighted by Crippen LogP contribution is -2.51. The van der Waals surface area contributed by atoms with E-state index in [0.29, 0.717) is 41.2 Å². The van der Waals surface area contributed by atoms with Gasteiger partial charge in [0, 0.05) is 17.6 Å². The van der Waals surface area contributed by atoms with Gasteiger partial charge in [-0.25, -0.2) is 13.8 Å². The van der Waals surface area contributed by atoms with Crippen molar-refractivity contribution in [2.24, 2.45) is 5.92 Å².